The molecule has 0 aromatic rings. The second-order valence-corrected chi connectivity index (χ2v) is 2.49. The van der Waals surface area contributed by atoms with Crippen molar-refractivity contribution in [3.05, 3.63) is 0 Å². The largest absolute Gasteiger partial charge is 0.345 e. The summed E-state index contributed by atoms with van der Waals surface area (Å²) < 4.78 is 0. The van der Waals surface area contributed by atoms with Gasteiger partial charge in [0.2, 0.25) is 6.41 Å². The first kappa shape index (κ1) is 9.47. The summed E-state index contributed by atoms with van der Waals surface area (Å²) in [5.41, 5.74) is 0. The molecule has 0 aromatic carbocycles. The third-order valence-electron chi connectivity index (χ3n) is 1.60. The average Bonchev–Trinajstić information content (AvgIpc) is 2.40. The fraction of sp³-hybridized carbons (Fsp3) is 0.875. The van der Waals surface area contributed by atoms with Crippen molar-refractivity contribution in [3.63, 3.8) is 0 Å². The van der Waals surface area contributed by atoms with Crippen LogP contribution in [0.3, 0.4) is 0 Å². The maximum atomic E-state index is 10.1. The van der Waals surface area contributed by atoms with E-state index in [4.69, 9.17) is 0 Å². The number of hydrogen-bond acceptors (Lipinski definition) is 1. The molecule has 0 spiro atoms. The molecule has 1 atom stereocenters. The maximum Gasteiger partial charge on any atom is 0.209 e. The second-order valence-electron chi connectivity index (χ2n) is 2.49. The fourth-order valence-corrected chi connectivity index (χ4v) is 1.06. The summed E-state index contributed by atoms with van der Waals surface area (Å²) in [6.45, 7) is 8.09. The van der Waals surface area contributed by atoms with Crippen molar-refractivity contribution < 1.29 is 4.79 Å². The molecule has 0 saturated carbocycles. The van der Waals surface area contributed by atoms with Gasteiger partial charge in [-0.2, -0.15) is 0 Å². The molecule has 0 aliphatic carbocycles. The summed E-state index contributed by atoms with van der Waals surface area (Å²) in [5.74, 6) is 0.722. The lowest BCUT2D eigenvalue weighted by atomic mass is 10.2. The summed E-state index contributed by atoms with van der Waals surface area (Å²) >= 11 is 0. The van der Waals surface area contributed by atoms with E-state index in [1.54, 1.807) is 0 Å². The third kappa shape index (κ3) is 2.85. The molecule has 0 bridgehead atoms. The second kappa shape index (κ2) is 5.27. The summed E-state index contributed by atoms with van der Waals surface area (Å²) in [7, 11) is 0. The number of amides is 1. The van der Waals surface area contributed by atoms with Gasteiger partial charge in [0.15, 0.2) is 0 Å². The SMILES string of the molecule is CC.C[C@@H]1CCN(C=O)C1. The van der Waals surface area contributed by atoms with Gasteiger partial charge in [0.05, 0.1) is 0 Å². The maximum absolute atomic E-state index is 10.1. The smallest absolute Gasteiger partial charge is 0.209 e. The van der Waals surface area contributed by atoms with E-state index in [1.807, 2.05) is 18.7 Å². The van der Waals surface area contributed by atoms with Crippen LogP contribution in [-0.4, -0.2) is 24.4 Å². The average molecular weight is 143 g/mol. The highest BCUT2D eigenvalue weighted by Gasteiger charge is 2.15. The Kier molecular flexibility index (Phi) is 4.99. The van der Waals surface area contributed by atoms with E-state index in [9.17, 15) is 4.79 Å². The summed E-state index contributed by atoms with van der Waals surface area (Å²) in [5, 5.41) is 0. The van der Waals surface area contributed by atoms with Gasteiger partial charge in [0.25, 0.3) is 0 Å². The van der Waals surface area contributed by atoms with Crippen molar-refractivity contribution in [2.24, 2.45) is 5.92 Å². The van der Waals surface area contributed by atoms with Gasteiger partial charge in [-0.1, -0.05) is 20.8 Å². The number of carbonyl (C=O) groups excluding carboxylic acids is 1. The lowest BCUT2D eigenvalue weighted by molar-refractivity contribution is -0.117. The summed E-state index contributed by atoms with van der Waals surface area (Å²) in [4.78, 5) is 11.9. The lowest BCUT2D eigenvalue weighted by Crippen LogP contribution is -2.17. The Morgan fingerprint density at radius 2 is 2.10 bits per heavy atom. The summed E-state index contributed by atoms with van der Waals surface area (Å²) in [6, 6.07) is 0. The summed E-state index contributed by atoms with van der Waals surface area (Å²) in [6.07, 6.45) is 2.11. The lowest BCUT2D eigenvalue weighted by Gasteiger charge is -2.04. The van der Waals surface area contributed by atoms with Gasteiger partial charge in [-0.15, -0.1) is 0 Å². The highest BCUT2D eigenvalue weighted by atomic mass is 16.1. The minimum absolute atomic E-state index is 0.722. The third-order valence-corrected chi connectivity index (χ3v) is 1.60. The van der Waals surface area contributed by atoms with Crippen molar-refractivity contribution in [2.75, 3.05) is 13.1 Å². The molecule has 1 aliphatic heterocycles. The van der Waals surface area contributed by atoms with E-state index in [2.05, 4.69) is 6.92 Å². The molecular formula is C8H17NO. The Morgan fingerprint density at radius 3 is 2.30 bits per heavy atom. The Morgan fingerprint density at radius 1 is 1.50 bits per heavy atom. The molecule has 2 nitrogen and oxygen atoms in total. The molecule has 10 heavy (non-hydrogen) atoms. The molecule has 1 fully saturated rings. The van der Waals surface area contributed by atoms with Crippen LogP contribution in [0.5, 0.6) is 0 Å². The highest BCUT2D eigenvalue weighted by Crippen LogP contribution is 2.11. The van der Waals surface area contributed by atoms with E-state index in [0.29, 0.717) is 0 Å². The van der Waals surface area contributed by atoms with Crippen molar-refractivity contribution >= 4 is 6.41 Å². The van der Waals surface area contributed by atoms with E-state index < -0.39 is 0 Å². The molecular weight excluding hydrogens is 126 g/mol. The molecule has 0 radical (unpaired) electrons. The molecule has 0 N–H and O–H groups in total. The van der Waals surface area contributed by atoms with Crippen molar-refractivity contribution in [1.29, 1.82) is 0 Å². The van der Waals surface area contributed by atoms with Gasteiger partial charge in [-0.25, -0.2) is 0 Å². The van der Waals surface area contributed by atoms with Gasteiger partial charge < -0.3 is 4.90 Å². The topological polar surface area (TPSA) is 20.3 Å². The van der Waals surface area contributed by atoms with Crippen LogP contribution in [0.25, 0.3) is 0 Å². The Balaban J connectivity index is 0.000000371. The van der Waals surface area contributed by atoms with Crippen LogP contribution in [-0.2, 0) is 4.79 Å². The Labute approximate surface area is 63.2 Å². The number of hydrogen-bond donors (Lipinski definition) is 0. The van der Waals surface area contributed by atoms with E-state index in [0.717, 1.165) is 25.4 Å². The van der Waals surface area contributed by atoms with Crippen LogP contribution >= 0.6 is 0 Å². The highest BCUT2D eigenvalue weighted by molar-refractivity contribution is 5.47. The van der Waals surface area contributed by atoms with Gasteiger partial charge in [0, 0.05) is 13.1 Å². The molecule has 1 saturated heterocycles. The van der Waals surface area contributed by atoms with E-state index >= 15 is 0 Å². The zero-order valence-corrected chi connectivity index (χ0v) is 7.13. The minimum Gasteiger partial charge on any atom is -0.345 e. The molecule has 2 heteroatoms. The molecule has 60 valence electrons. The molecule has 1 heterocycles. The minimum atomic E-state index is 0.722. The normalized spacial score (nSPS) is 23.5. The predicted molar refractivity (Wildman–Crippen MR) is 42.8 cm³/mol. The Hall–Kier alpha value is -0.530. The Bertz CT molecular complexity index is 93.3. The fourth-order valence-electron chi connectivity index (χ4n) is 1.06. The molecule has 0 unspecified atom stereocenters. The monoisotopic (exact) mass is 143 g/mol. The first-order valence-corrected chi connectivity index (χ1v) is 4.02. The van der Waals surface area contributed by atoms with Crippen LogP contribution in [0.4, 0.5) is 0 Å². The van der Waals surface area contributed by atoms with E-state index in [-0.39, 0.29) is 0 Å². The predicted octanol–water partition coefficient (Wildman–Crippen LogP) is 1.51. The number of rotatable bonds is 1. The molecule has 1 amide bonds. The number of likely N-dealkylation sites (tertiary alicyclic amines) is 1. The van der Waals surface area contributed by atoms with Crippen LogP contribution < -0.4 is 0 Å². The van der Waals surface area contributed by atoms with Gasteiger partial charge in [0.1, 0.15) is 0 Å². The zero-order valence-electron chi connectivity index (χ0n) is 7.13. The first-order valence-electron chi connectivity index (χ1n) is 4.02. The molecule has 1 aliphatic rings. The van der Waals surface area contributed by atoms with E-state index in [1.165, 1.54) is 6.42 Å². The van der Waals surface area contributed by atoms with Gasteiger partial charge >= 0.3 is 0 Å². The van der Waals surface area contributed by atoms with Gasteiger partial charge in [-0.3, -0.25) is 4.79 Å². The number of nitrogens with zero attached hydrogens (tertiary/aromatic N) is 1. The zero-order chi connectivity index (χ0) is 7.98. The van der Waals surface area contributed by atoms with Crippen LogP contribution in [0.2, 0.25) is 0 Å². The van der Waals surface area contributed by atoms with Crippen LogP contribution in [0.15, 0.2) is 0 Å². The quantitative estimate of drug-likeness (QED) is 0.509. The standard InChI is InChI=1S/C6H11NO.C2H6/c1-6-2-3-7(4-6)5-8;1-2/h5-6H,2-4H2,1H3;1-2H3/t6-;/m1./s1. The molecule has 1 rings (SSSR count). The van der Waals surface area contributed by atoms with Crippen molar-refractivity contribution in [3.8, 4) is 0 Å². The molecule has 0 aromatic heterocycles. The van der Waals surface area contributed by atoms with Crippen molar-refractivity contribution in [1.82, 2.24) is 4.90 Å². The van der Waals surface area contributed by atoms with Crippen LogP contribution in [0, 0.1) is 5.92 Å². The number of carbonyl (C=O) groups is 1. The van der Waals surface area contributed by atoms with Gasteiger partial charge in [-0.05, 0) is 12.3 Å². The van der Waals surface area contributed by atoms with Crippen LogP contribution in [0.1, 0.15) is 27.2 Å². The first-order chi connectivity index (χ1) is 4.83. The van der Waals surface area contributed by atoms with Crippen molar-refractivity contribution in [2.45, 2.75) is 27.2 Å².